The summed E-state index contributed by atoms with van der Waals surface area (Å²) in [7, 11) is 0. The topological polar surface area (TPSA) is 122 Å². The second kappa shape index (κ2) is 15.1. The van der Waals surface area contributed by atoms with Crippen molar-refractivity contribution >= 4 is 47.7 Å². The quantitative estimate of drug-likeness (QED) is 0.291. The number of rotatable bonds is 7. The Labute approximate surface area is 288 Å². The molecule has 6 unspecified atom stereocenters. The first-order valence-corrected chi connectivity index (χ1v) is 15.4. The van der Waals surface area contributed by atoms with Gasteiger partial charge in [-0.25, -0.2) is 9.59 Å². The van der Waals surface area contributed by atoms with E-state index in [9.17, 15) is 19.5 Å². The molecule has 0 radical (unpaired) electrons. The van der Waals surface area contributed by atoms with Crippen LogP contribution in [0.5, 0.6) is 0 Å². The Morgan fingerprint density at radius 2 is 1.29 bits per heavy atom. The van der Waals surface area contributed by atoms with E-state index in [1.807, 2.05) is 78.8 Å². The number of hydrogen-bond donors (Lipinski definition) is 1. The van der Waals surface area contributed by atoms with Crippen molar-refractivity contribution < 1.29 is 29.0 Å². The average molecular weight is 631 g/mol. The molecule has 2 aromatic rings. The maximum absolute atomic E-state index is 13.5. The summed E-state index contributed by atoms with van der Waals surface area (Å²) in [4.78, 5) is 52.3. The molecule has 2 amide bonds. The van der Waals surface area contributed by atoms with Crippen LogP contribution in [0.25, 0.3) is 0 Å². The van der Waals surface area contributed by atoms with Crippen LogP contribution in [0, 0.1) is 23.7 Å². The summed E-state index contributed by atoms with van der Waals surface area (Å²) in [6, 6.07) is 6.44. The zero-order valence-electron chi connectivity index (χ0n) is 26.8. The van der Waals surface area contributed by atoms with Gasteiger partial charge in [0, 0.05) is 37.9 Å². The molecule has 1 N–H and O–H groups in total. The second-order valence-corrected chi connectivity index (χ2v) is 13.7. The van der Waals surface area contributed by atoms with E-state index in [0.717, 1.165) is 11.1 Å². The second-order valence-electron chi connectivity index (χ2n) is 13.7. The van der Waals surface area contributed by atoms with Gasteiger partial charge >= 0.3 is 47.7 Å². The molecule has 0 aliphatic carbocycles. The molecule has 45 heavy (non-hydrogen) atoms. The van der Waals surface area contributed by atoms with Gasteiger partial charge in [-0.05, 0) is 102 Å². The molecule has 0 saturated carbocycles. The Hall–Kier alpha value is -2.95. The van der Waals surface area contributed by atoms with Crippen LogP contribution in [0.2, 0.25) is 0 Å². The van der Waals surface area contributed by atoms with Gasteiger partial charge in [-0.15, -0.1) is 0 Å². The van der Waals surface area contributed by atoms with E-state index in [-0.39, 0.29) is 35.5 Å². The van der Waals surface area contributed by atoms with E-state index >= 15 is 0 Å². The molecule has 2 aliphatic rings. The molecule has 0 spiro atoms. The van der Waals surface area contributed by atoms with Crippen LogP contribution in [-0.2, 0) is 14.3 Å². The van der Waals surface area contributed by atoms with Crippen LogP contribution >= 0.6 is 0 Å². The first kappa shape index (κ1) is 36.5. The molecule has 10 nitrogen and oxygen atoms in total. The number of allylic oxidation sites excluding steroid dienone is 2. The van der Waals surface area contributed by atoms with Crippen LogP contribution in [0.4, 0.5) is 9.59 Å². The minimum atomic E-state index is -0.946. The molecule has 2 aromatic heterocycles. The van der Waals surface area contributed by atoms with E-state index in [2.05, 4.69) is 9.97 Å². The van der Waals surface area contributed by atoms with Gasteiger partial charge in [0.2, 0.25) is 0 Å². The molecule has 2 fully saturated rings. The molecule has 240 valence electrons. The SMILES string of the molecule is CC=CC(C1CCN(C(=O)OC(C)(C)C)C1c1cccnc1)C(C(=O)O)C1CCN(C(=O)OC(C)(C)C)C1c1cccnc1.[NaH]. The number of carboxylic acid groups (broad SMARTS) is 1. The van der Waals surface area contributed by atoms with Crippen LogP contribution in [0.3, 0.4) is 0 Å². The molecule has 6 atom stereocenters. The van der Waals surface area contributed by atoms with Crippen molar-refractivity contribution in [1.29, 1.82) is 0 Å². The van der Waals surface area contributed by atoms with E-state index in [4.69, 9.17) is 9.47 Å². The van der Waals surface area contributed by atoms with Crippen molar-refractivity contribution in [2.45, 2.75) is 84.6 Å². The number of nitrogens with zero attached hydrogens (tertiary/aromatic N) is 4. The van der Waals surface area contributed by atoms with E-state index in [1.165, 1.54) is 0 Å². The summed E-state index contributed by atoms with van der Waals surface area (Å²) in [6.07, 6.45) is 10.8. The van der Waals surface area contributed by atoms with Gasteiger partial charge in [0.05, 0.1) is 18.0 Å². The number of hydrogen-bond acceptors (Lipinski definition) is 7. The molecule has 0 bridgehead atoms. The van der Waals surface area contributed by atoms with Crippen molar-refractivity contribution in [1.82, 2.24) is 19.8 Å². The standard InChI is InChI=1S/C34H46N4O6.Na.H/c1-8-11-24(25-14-18-37(31(41)43-33(2,3)4)28(25)22-12-9-16-35-20-22)27(30(39)40)26-15-19-38(32(42)44-34(5,6)7)29(26)23-13-10-17-36-21-23;;/h8-13,16-17,20-21,24-29H,14-15,18-19H2,1-7H3,(H,39,40);;. The Balaban J connectivity index is 0.00000552. The molecular weight excluding hydrogens is 583 g/mol. The number of likely N-dealkylation sites (tertiary alicyclic amines) is 2. The molecule has 4 heterocycles. The molecule has 11 heteroatoms. The molecular formula is C34H47N4NaO6. The number of amides is 2. The van der Waals surface area contributed by atoms with Crippen molar-refractivity contribution in [3.8, 4) is 0 Å². The Kier molecular flexibility index (Phi) is 12.2. The van der Waals surface area contributed by atoms with E-state index in [1.54, 1.807) is 40.7 Å². The van der Waals surface area contributed by atoms with Gasteiger partial charge in [-0.3, -0.25) is 14.8 Å². The number of pyridine rings is 2. The third-order valence-electron chi connectivity index (χ3n) is 8.27. The fourth-order valence-electron chi connectivity index (χ4n) is 6.80. The van der Waals surface area contributed by atoms with Gasteiger partial charge in [-0.2, -0.15) is 0 Å². The summed E-state index contributed by atoms with van der Waals surface area (Å²) in [5.41, 5.74) is 0.190. The van der Waals surface area contributed by atoms with Gasteiger partial charge in [0.15, 0.2) is 0 Å². The number of aromatic nitrogens is 2. The van der Waals surface area contributed by atoms with Crippen molar-refractivity contribution in [2.24, 2.45) is 23.7 Å². The Morgan fingerprint density at radius 3 is 1.67 bits per heavy atom. The fraction of sp³-hybridized carbons (Fsp3) is 0.559. The summed E-state index contributed by atoms with van der Waals surface area (Å²) >= 11 is 0. The van der Waals surface area contributed by atoms with Crippen LogP contribution in [0.15, 0.2) is 61.2 Å². The number of aliphatic carboxylic acids is 1. The first-order valence-electron chi connectivity index (χ1n) is 15.4. The zero-order valence-corrected chi connectivity index (χ0v) is 26.8. The van der Waals surface area contributed by atoms with Gasteiger partial charge in [0.25, 0.3) is 0 Å². The molecule has 2 aliphatic heterocycles. The van der Waals surface area contributed by atoms with Gasteiger partial charge < -0.3 is 24.4 Å². The van der Waals surface area contributed by atoms with E-state index < -0.39 is 59.2 Å². The summed E-state index contributed by atoms with van der Waals surface area (Å²) in [6.45, 7) is 13.6. The van der Waals surface area contributed by atoms with Gasteiger partial charge in [-0.1, -0.05) is 24.3 Å². The predicted molar refractivity (Wildman–Crippen MR) is 173 cm³/mol. The van der Waals surface area contributed by atoms with Crippen LogP contribution in [0.1, 0.15) is 84.5 Å². The number of carboxylic acids is 1. The number of carbonyl (C=O) groups excluding carboxylic acids is 2. The summed E-state index contributed by atoms with van der Waals surface area (Å²) in [5.74, 6) is -2.95. The summed E-state index contributed by atoms with van der Waals surface area (Å²) in [5, 5.41) is 11.0. The Morgan fingerprint density at radius 1 is 0.844 bits per heavy atom. The minimum absolute atomic E-state index is 0. The molecule has 0 aromatic carbocycles. The fourth-order valence-corrected chi connectivity index (χ4v) is 6.80. The number of carbonyl (C=O) groups is 3. The van der Waals surface area contributed by atoms with Gasteiger partial charge in [0.1, 0.15) is 11.2 Å². The third-order valence-corrected chi connectivity index (χ3v) is 8.27. The number of ether oxygens (including phenoxy) is 2. The van der Waals surface area contributed by atoms with E-state index in [0.29, 0.717) is 25.9 Å². The monoisotopic (exact) mass is 630 g/mol. The van der Waals surface area contributed by atoms with Crippen molar-refractivity contribution in [3.63, 3.8) is 0 Å². The average Bonchev–Trinajstić information content (AvgIpc) is 3.57. The normalized spacial score (nSPS) is 23.4. The van der Waals surface area contributed by atoms with Crippen molar-refractivity contribution in [2.75, 3.05) is 13.1 Å². The molecule has 2 saturated heterocycles. The van der Waals surface area contributed by atoms with Crippen LogP contribution in [-0.4, -0.2) is 96.9 Å². The van der Waals surface area contributed by atoms with Crippen molar-refractivity contribution in [3.05, 3.63) is 72.3 Å². The Bertz CT molecular complexity index is 1330. The predicted octanol–water partition coefficient (Wildman–Crippen LogP) is 6.02. The molecule has 4 rings (SSSR count). The first-order chi connectivity index (χ1) is 20.7. The zero-order chi connectivity index (χ0) is 32.2. The third kappa shape index (κ3) is 8.86. The summed E-state index contributed by atoms with van der Waals surface area (Å²) < 4.78 is 11.6. The van der Waals surface area contributed by atoms with Crippen LogP contribution < -0.4 is 0 Å². The maximum atomic E-state index is 13.5.